The SMILES string of the molecule is CC1(C(=O)Nc2ccc(SC(F)(F)F)cc2)CCNC1. The molecule has 0 aromatic heterocycles. The molecule has 0 aliphatic carbocycles. The van der Waals surface area contributed by atoms with Crippen LogP contribution in [0.1, 0.15) is 13.3 Å². The summed E-state index contributed by atoms with van der Waals surface area (Å²) in [6.07, 6.45) is 0.751. The molecule has 1 saturated heterocycles. The Morgan fingerprint density at radius 2 is 2.00 bits per heavy atom. The number of rotatable bonds is 3. The van der Waals surface area contributed by atoms with Gasteiger partial charge >= 0.3 is 5.51 Å². The van der Waals surface area contributed by atoms with E-state index in [1.165, 1.54) is 24.3 Å². The van der Waals surface area contributed by atoms with Crippen molar-refractivity contribution in [2.45, 2.75) is 23.7 Å². The van der Waals surface area contributed by atoms with Gasteiger partial charge in [-0.25, -0.2) is 0 Å². The first-order chi connectivity index (χ1) is 9.28. The lowest BCUT2D eigenvalue weighted by atomic mass is 9.89. The summed E-state index contributed by atoms with van der Waals surface area (Å²) >= 11 is -0.170. The summed E-state index contributed by atoms with van der Waals surface area (Å²) in [7, 11) is 0. The minimum absolute atomic E-state index is 0.101. The first-order valence-corrected chi connectivity index (χ1v) is 6.98. The van der Waals surface area contributed by atoms with Gasteiger partial charge in [0.1, 0.15) is 0 Å². The van der Waals surface area contributed by atoms with E-state index in [1.54, 1.807) is 0 Å². The Kier molecular flexibility index (Phi) is 4.29. The fraction of sp³-hybridized carbons (Fsp3) is 0.462. The summed E-state index contributed by atoms with van der Waals surface area (Å²) in [4.78, 5) is 12.2. The van der Waals surface area contributed by atoms with E-state index in [2.05, 4.69) is 10.6 Å². The molecule has 110 valence electrons. The average molecular weight is 304 g/mol. The van der Waals surface area contributed by atoms with E-state index in [4.69, 9.17) is 0 Å². The molecule has 0 radical (unpaired) electrons. The molecular weight excluding hydrogens is 289 g/mol. The second-order valence-corrected chi connectivity index (χ2v) is 6.15. The van der Waals surface area contributed by atoms with Crippen molar-refractivity contribution in [3.63, 3.8) is 0 Å². The van der Waals surface area contributed by atoms with Gasteiger partial charge in [-0.1, -0.05) is 0 Å². The van der Waals surface area contributed by atoms with Gasteiger partial charge in [0.2, 0.25) is 5.91 Å². The standard InChI is InChI=1S/C13H15F3N2OS/c1-12(6-7-17-8-12)11(19)18-9-2-4-10(5-3-9)20-13(14,15)16/h2-5,17H,6-8H2,1H3,(H,18,19). The number of hydrogen-bond acceptors (Lipinski definition) is 3. The maximum Gasteiger partial charge on any atom is 0.446 e. The van der Waals surface area contributed by atoms with Crippen molar-refractivity contribution in [2.24, 2.45) is 5.41 Å². The topological polar surface area (TPSA) is 41.1 Å². The van der Waals surface area contributed by atoms with Gasteiger partial charge in [0.25, 0.3) is 0 Å². The quantitative estimate of drug-likeness (QED) is 0.842. The van der Waals surface area contributed by atoms with Gasteiger partial charge in [-0.15, -0.1) is 0 Å². The highest BCUT2D eigenvalue weighted by atomic mass is 32.2. The Labute approximate surface area is 119 Å². The van der Waals surface area contributed by atoms with Gasteiger partial charge < -0.3 is 10.6 Å². The smallest absolute Gasteiger partial charge is 0.326 e. The molecule has 0 bridgehead atoms. The van der Waals surface area contributed by atoms with Crippen molar-refractivity contribution < 1.29 is 18.0 Å². The van der Waals surface area contributed by atoms with Crippen LogP contribution in [0.2, 0.25) is 0 Å². The number of anilines is 1. The molecule has 1 heterocycles. The first kappa shape index (κ1) is 15.2. The van der Waals surface area contributed by atoms with Gasteiger partial charge in [0, 0.05) is 17.1 Å². The van der Waals surface area contributed by atoms with Crippen LogP contribution in [0.25, 0.3) is 0 Å². The van der Waals surface area contributed by atoms with Gasteiger partial charge in [-0.3, -0.25) is 4.79 Å². The van der Waals surface area contributed by atoms with E-state index in [9.17, 15) is 18.0 Å². The van der Waals surface area contributed by atoms with Crippen LogP contribution in [0.4, 0.5) is 18.9 Å². The predicted molar refractivity (Wildman–Crippen MR) is 72.6 cm³/mol. The summed E-state index contributed by atoms with van der Waals surface area (Å²) in [6.45, 7) is 3.28. The molecule has 1 aliphatic heterocycles. The number of hydrogen-bond donors (Lipinski definition) is 2. The van der Waals surface area contributed by atoms with Crippen LogP contribution in [0, 0.1) is 5.41 Å². The number of thioether (sulfide) groups is 1. The van der Waals surface area contributed by atoms with Crippen molar-refractivity contribution in [3.05, 3.63) is 24.3 Å². The van der Waals surface area contributed by atoms with E-state index in [0.717, 1.165) is 13.0 Å². The minimum Gasteiger partial charge on any atom is -0.326 e. The Morgan fingerprint density at radius 1 is 1.35 bits per heavy atom. The Bertz CT molecular complexity index is 481. The third-order valence-corrected chi connectivity index (χ3v) is 4.00. The number of benzene rings is 1. The zero-order valence-corrected chi connectivity index (χ0v) is 11.7. The summed E-state index contributed by atoms with van der Waals surface area (Å²) < 4.78 is 36.6. The lowest BCUT2D eigenvalue weighted by Gasteiger charge is -2.21. The number of carbonyl (C=O) groups excluding carboxylic acids is 1. The molecule has 2 N–H and O–H groups in total. The van der Waals surface area contributed by atoms with Crippen LogP contribution < -0.4 is 10.6 Å². The fourth-order valence-corrected chi connectivity index (χ4v) is 2.57. The number of amides is 1. The van der Waals surface area contributed by atoms with Crippen LogP contribution in [0.3, 0.4) is 0 Å². The highest BCUT2D eigenvalue weighted by molar-refractivity contribution is 8.00. The summed E-state index contributed by atoms with van der Waals surface area (Å²) in [5.74, 6) is -0.112. The van der Waals surface area contributed by atoms with Gasteiger partial charge in [-0.05, 0) is 55.9 Å². The minimum atomic E-state index is -4.30. The molecular formula is C13H15F3N2OS. The molecule has 0 spiro atoms. The largest absolute Gasteiger partial charge is 0.446 e. The van der Waals surface area contributed by atoms with Gasteiger partial charge in [0.15, 0.2) is 0 Å². The molecule has 1 aliphatic rings. The van der Waals surface area contributed by atoms with Crippen molar-refractivity contribution >= 4 is 23.4 Å². The Morgan fingerprint density at radius 3 is 2.50 bits per heavy atom. The molecule has 1 atom stereocenters. The van der Waals surface area contributed by atoms with E-state index >= 15 is 0 Å². The number of carbonyl (C=O) groups is 1. The van der Waals surface area contributed by atoms with Crippen molar-refractivity contribution in [2.75, 3.05) is 18.4 Å². The van der Waals surface area contributed by atoms with E-state index in [1.807, 2.05) is 6.92 Å². The van der Waals surface area contributed by atoms with E-state index in [-0.39, 0.29) is 22.6 Å². The zero-order valence-electron chi connectivity index (χ0n) is 10.9. The Hall–Kier alpha value is -1.21. The molecule has 1 unspecified atom stereocenters. The van der Waals surface area contributed by atoms with Crippen molar-refractivity contribution in [3.8, 4) is 0 Å². The van der Waals surface area contributed by atoms with E-state index < -0.39 is 10.9 Å². The van der Waals surface area contributed by atoms with Crippen molar-refractivity contribution in [1.82, 2.24) is 5.32 Å². The summed E-state index contributed by atoms with van der Waals surface area (Å²) in [5, 5.41) is 5.87. The third-order valence-electron chi connectivity index (χ3n) is 3.26. The summed E-state index contributed by atoms with van der Waals surface area (Å²) in [5.41, 5.74) is -4.25. The fourth-order valence-electron chi connectivity index (χ4n) is 2.03. The number of halogens is 3. The lowest BCUT2D eigenvalue weighted by molar-refractivity contribution is -0.123. The monoisotopic (exact) mass is 304 g/mol. The molecule has 20 heavy (non-hydrogen) atoms. The number of alkyl halides is 3. The molecule has 3 nitrogen and oxygen atoms in total. The highest BCUT2D eigenvalue weighted by Crippen LogP contribution is 2.37. The zero-order chi connectivity index (χ0) is 14.8. The van der Waals surface area contributed by atoms with Crippen LogP contribution in [0.5, 0.6) is 0 Å². The predicted octanol–water partition coefficient (Wildman–Crippen LogP) is 3.24. The second-order valence-electron chi connectivity index (χ2n) is 5.01. The van der Waals surface area contributed by atoms with Crippen LogP contribution in [0.15, 0.2) is 29.2 Å². The normalized spacial score (nSPS) is 22.8. The van der Waals surface area contributed by atoms with E-state index in [0.29, 0.717) is 12.2 Å². The molecule has 1 fully saturated rings. The average Bonchev–Trinajstić information content (AvgIpc) is 2.78. The second kappa shape index (κ2) is 5.65. The molecule has 2 rings (SSSR count). The molecule has 1 aromatic rings. The molecule has 1 aromatic carbocycles. The van der Waals surface area contributed by atoms with Crippen LogP contribution >= 0.6 is 11.8 Å². The summed E-state index contributed by atoms with van der Waals surface area (Å²) in [6, 6.07) is 5.67. The number of nitrogens with one attached hydrogen (secondary N) is 2. The lowest BCUT2D eigenvalue weighted by Crippen LogP contribution is -2.35. The van der Waals surface area contributed by atoms with Crippen LogP contribution in [-0.4, -0.2) is 24.5 Å². The molecule has 1 amide bonds. The molecule has 0 saturated carbocycles. The van der Waals surface area contributed by atoms with Crippen LogP contribution in [-0.2, 0) is 4.79 Å². The third kappa shape index (κ3) is 3.89. The maximum atomic E-state index is 12.2. The van der Waals surface area contributed by atoms with Gasteiger partial charge in [-0.2, -0.15) is 13.2 Å². The Balaban J connectivity index is 1.98. The highest BCUT2D eigenvalue weighted by Gasteiger charge is 2.36. The van der Waals surface area contributed by atoms with Gasteiger partial charge in [0.05, 0.1) is 5.41 Å². The first-order valence-electron chi connectivity index (χ1n) is 6.16. The van der Waals surface area contributed by atoms with Crippen molar-refractivity contribution in [1.29, 1.82) is 0 Å². The maximum absolute atomic E-state index is 12.2. The molecule has 7 heteroatoms.